The van der Waals surface area contributed by atoms with Gasteiger partial charge in [0.15, 0.2) is 0 Å². The SMILES string of the molecule is CC(C)CCNCC1(O)CCCCC1. The molecule has 0 bridgehead atoms. The summed E-state index contributed by atoms with van der Waals surface area (Å²) in [6.07, 6.45) is 6.87. The molecule has 0 atom stereocenters. The molecule has 0 radical (unpaired) electrons. The molecule has 1 saturated carbocycles. The summed E-state index contributed by atoms with van der Waals surface area (Å²) in [6, 6.07) is 0. The van der Waals surface area contributed by atoms with E-state index in [0.717, 1.165) is 31.8 Å². The largest absolute Gasteiger partial charge is 0.389 e. The minimum absolute atomic E-state index is 0.394. The topological polar surface area (TPSA) is 32.3 Å². The fourth-order valence-corrected chi connectivity index (χ4v) is 2.10. The van der Waals surface area contributed by atoms with Gasteiger partial charge in [0.2, 0.25) is 0 Å². The van der Waals surface area contributed by atoms with Crippen LogP contribution in [-0.2, 0) is 0 Å². The van der Waals surface area contributed by atoms with Crippen LogP contribution in [0.5, 0.6) is 0 Å². The Kier molecular flexibility index (Phi) is 4.90. The van der Waals surface area contributed by atoms with Crippen molar-refractivity contribution in [3.05, 3.63) is 0 Å². The second-order valence-electron chi connectivity index (χ2n) is 5.14. The summed E-state index contributed by atoms with van der Waals surface area (Å²) in [6.45, 7) is 6.30. The van der Waals surface area contributed by atoms with Crippen LogP contribution in [0.15, 0.2) is 0 Å². The maximum Gasteiger partial charge on any atom is 0.0771 e. The van der Waals surface area contributed by atoms with Crippen LogP contribution in [0.3, 0.4) is 0 Å². The van der Waals surface area contributed by atoms with E-state index in [1.807, 2.05) is 0 Å². The first kappa shape index (κ1) is 12.0. The fourth-order valence-electron chi connectivity index (χ4n) is 2.10. The zero-order valence-electron chi connectivity index (χ0n) is 9.68. The van der Waals surface area contributed by atoms with Gasteiger partial charge in [-0.25, -0.2) is 0 Å². The van der Waals surface area contributed by atoms with E-state index in [2.05, 4.69) is 19.2 Å². The highest BCUT2D eigenvalue weighted by Crippen LogP contribution is 2.27. The molecule has 0 saturated heterocycles. The van der Waals surface area contributed by atoms with Crippen molar-refractivity contribution in [1.82, 2.24) is 5.32 Å². The zero-order chi connectivity index (χ0) is 10.4. The van der Waals surface area contributed by atoms with Crippen LogP contribution in [0.25, 0.3) is 0 Å². The lowest BCUT2D eigenvalue weighted by Crippen LogP contribution is -2.42. The predicted molar refractivity (Wildman–Crippen MR) is 60.4 cm³/mol. The molecule has 14 heavy (non-hydrogen) atoms. The molecule has 0 heterocycles. The van der Waals surface area contributed by atoms with Crippen LogP contribution in [0.4, 0.5) is 0 Å². The average Bonchev–Trinajstić information content (AvgIpc) is 2.14. The van der Waals surface area contributed by atoms with Crippen LogP contribution in [0, 0.1) is 5.92 Å². The smallest absolute Gasteiger partial charge is 0.0771 e. The second-order valence-corrected chi connectivity index (χ2v) is 5.14. The van der Waals surface area contributed by atoms with Crippen LogP contribution in [0.1, 0.15) is 52.4 Å². The summed E-state index contributed by atoms with van der Waals surface area (Å²) in [5.41, 5.74) is -0.394. The van der Waals surface area contributed by atoms with Crippen molar-refractivity contribution in [2.24, 2.45) is 5.92 Å². The molecule has 0 aromatic rings. The van der Waals surface area contributed by atoms with E-state index in [0.29, 0.717) is 0 Å². The van der Waals surface area contributed by atoms with Crippen LogP contribution in [0.2, 0.25) is 0 Å². The van der Waals surface area contributed by atoms with Crippen molar-refractivity contribution in [1.29, 1.82) is 0 Å². The summed E-state index contributed by atoms with van der Waals surface area (Å²) >= 11 is 0. The van der Waals surface area contributed by atoms with E-state index < -0.39 is 5.60 Å². The van der Waals surface area contributed by atoms with Crippen molar-refractivity contribution < 1.29 is 5.11 Å². The van der Waals surface area contributed by atoms with Gasteiger partial charge in [-0.05, 0) is 31.7 Å². The third kappa shape index (κ3) is 4.43. The summed E-state index contributed by atoms with van der Waals surface area (Å²) in [7, 11) is 0. The molecule has 1 rings (SSSR count). The van der Waals surface area contributed by atoms with Crippen molar-refractivity contribution >= 4 is 0 Å². The summed E-state index contributed by atoms with van der Waals surface area (Å²) in [5, 5.41) is 13.6. The van der Waals surface area contributed by atoms with E-state index in [1.54, 1.807) is 0 Å². The fraction of sp³-hybridized carbons (Fsp3) is 1.00. The van der Waals surface area contributed by atoms with Gasteiger partial charge in [-0.2, -0.15) is 0 Å². The molecule has 1 fully saturated rings. The van der Waals surface area contributed by atoms with Gasteiger partial charge in [-0.1, -0.05) is 33.1 Å². The van der Waals surface area contributed by atoms with Crippen molar-refractivity contribution in [2.45, 2.75) is 58.0 Å². The number of hydrogen-bond acceptors (Lipinski definition) is 2. The Hall–Kier alpha value is -0.0800. The number of aliphatic hydroxyl groups is 1. The van der Waals surface area contributed by atoms with E-state index in [-0.39, 0.29) is 0 Å². The van der Waals surface area contributed by atoms with Gasteiger partial charge in [0, 0.05) is 6.54 Å². The van der Waals surface area contributed by atoms with Crippen LogP contribution < -0.4 is 5.32 Å². The molecular weight excluding hydrogens is 174 g/mol. The number of nitrogens with one attached hydrogen (secondary N) is 1. The van der Waals surface area contributed by atoms with Crippen molar-refractivity contribution in [3.8, 4) is 0 Å². The summed E-state index contributed by atoms with van der Waals surface area (Å²) in [5.74, 6) is 0.753. The predicted octanol–water partition coefficient (Wildman–Crippen LogP) is 2.32. The lowest BCUT2D eigenvalue weighted by molar-refractivity contribution is 0.00490. The van der Waals surface area contributed by atoms with Gasteiger partial charge in [0.25, 0.3) is 0 Å². The molecule has 1 aliphatic rings. The van der Waals surface area contributed by atoms with E-state index in [1.165, 1.54) is 25.7 Å². The molecule has 0 aromatic carbocycles. The standard InChI is InChI=1S/C12H25NO/c1-11(2)6-9-13-10-12(14)7-4-3-5-8-12/h11,13-14H,3-10H2,1-2H3. The zero-order valence-corrected chi connectivity index (χ0v) is 9.68. The molecule has 1 aliphatic carbocycles. The molecule has 2 heteroatoms. The third-order valence-electron chi connectivity index (χ3n) is 3.14. The van der Waals surface area contributed by atoms with E-state index >= 15 is 0 Å². The number of hydrogen-bond donors (Lipinski definition) is 2. The highest BCUT2D eigenvalue weighted by molar-refractivity contribution is 4.84. The maximum atomic E-state index is 10.2. The molecule has 2 N–H and O–H groups in total. The highest BCUT2D eigenvalue weighted by atomic mass is 16.3. The normalized spacial score (nSPS) is 21.4. The Bertz CT molecular complexity index is 150. The monoisotopic (exact) mass is 199 g/mol. The Morgan fingerprint density at radius 3 is 2.43 bits per heavy atom. The van der Waals surface area contributed by atoms with Crippen molar-refractivity contribution in [3.63, 3.8) is 0 Å². The molecule has 0 amide bonds. The average molecular weight is 199 g/mol. The first-order chi connectivity index (χ1) is 6.62. The lowest BCUT2D eigenvalue weighted by Gasteiger charge is -2.32. The summed E-state index contributed by atoms with van der Waals surface area (Å²) < 4.78 is 0. The number of rotatable bonds is 5. The van der Waals surface area contributed by atoms with Crippen LogP contribution >= 0.6 is 0 Å². The second kappa shape index (κ2) is 5.72. The molecule has 2 nitrogen and oxygen atoms in total. The van der Waals surface area contributed by atoms with Gasteiger partial charge in [0.05, 0.1) is 5.60 Å². The minimum atomic E-state index is -0.394. The molecule has 0 aromatic heterocycles. The van der Waals surface area contributed by atoms with Gasteiger partial charge in [-0.15, -0.1) is 0 Å². The molecule has 0 aliphatic heterocycles. The third-order valence-corrected chi connectivity index (χ3v) is 3.14. The minimum Gasteiger partial charge on any atom is -0.389 e. The van der Waals surface area contributed by atoms with E-state index in [4.69, 9.17) is 0 Å². The Balaban J connectivity index is 2.09. The maximum absolute atomic E-state index is 10.2. The molecule has 0 unspecified atom stereocenters. The van der Waals surface area contributed by atoms with Gasteiger partial charge >= 0.3 is 0 Å². The lowest BCUT2D eigenvalue weighted by atomic mass is 9.85. The molecule has 0 spiro atoms. The van der Waals surface area contributed by atoms with Gasteiger partial charge in [0.1, 0.15) is 0 Å². The quantitative estimate of drug-likeness (QED) is 0.666. The van der Waals surface area contributed by atoms with Gasteiger partial charge in [-0.3, -0.25) is 0 Å². The Morgan fingerprint density at radius 1 is 1.21 bits per heavy atom. The van der Waals surface area contributed by atoms with Crippen molar-refractivity contribution in [2.75, 3.05) is 13.1 Å². The summed E-state index contributed by atoms with van der Waals surface area (Å²) in [4.78, 5) is 0. The Morgan fingerprint density at radius 2 is 1.86 bits per heavy atom. The van der Waals surface area contributed by atoms with Gasteiger partial charge < -0.3 is 10.4 Å². The van der Waals surface area contributed by atoms with Crippen LogP contribution in [-0.4, -0.2) is 23.8 Å². The van der Waals surface area contributed by atoms with E-state index in [9.17, 15) is 5.11 Å². The highest BCUT2D eigenvalue weighted by Gasteiger charge is 2.28. The first-order valence-corrected chi connectivity index (χ1v) is 6.05. The first-order valence-electron chi connectivity index (χ1n) is 6.05. The molecule has 84 valence electrons. The Labute approximate surface area is 88.1 Å². The molecular formula is C12H25NO.